The van der Waals surface area contributed by atoms with Gasteiger partial charge in [0.2, 0.25) is 5.60 Å². The molecular weight excluding hydrogens is 327 g/mol. The lowest BCUT2D eigenvalue weighted by Crippen LogP contribution is -2.38. The number of halogens is 2. The molecule has 1 N–H and O–H groups in total. The van der Waals surface area contributed by atoms with E-state index in [-0.39, 0.29) is 10.0 Å². The number of rotatable bonds is 3. The summed E-state index contributed by atoms with van der Waals surface area (Å²) in [6.45, 7) is 0. The zero-order chi connectivity index (χ0) is 14.8. The van der Waals surface area contributed by atoms with E-state index in [0.717, 1.165) is 0 Å². The van der Waals surface area contributed by atoms with Gasteiger partial charge in [0.25, 0.3) is 0 Å². The predicted octanol–water partition coefficient (Wildman–Crippen LogP) is 3.00. The molecule has 0 aliphatic carbocycles. The molecule has 0 bridgehead atoms. The van der Waals surface area contributed by atoms with Gasteiger partial charge in [-0.25, -0.2) is 9.18 Å². The fourth-order valence-corrected chi connectivity index (χ4v) is 2.63. The largest absolute Gasteiger partial charge is 0.466 e. The first-order valence-corrected chi connectivity index (χ1v) is 6.61. The Hall–Kier alpha value is -1.72. The number of methoxy groups -OCH3 is 1. The Bertz CT molecular complexity index is 630. The monoisotopic (exact) mass is 338 g/mol. The minimum atomic E-state index is -2.00. The molecule has 2 aromatic rings. The van der Waals surface area contributed by atoms with E-state index in [1.807, 2.05) is 0 Å². The third-order valence-corrected chi connectivity index (χ3v) is 3.65. The number of benzene rings is 2. The maximum Gasteiger partial charge on any atom is 0.347 e. The summed E-state index contributed by atoms with van der Waals surface area (Å²) in [6.07, 6.45) is 0. The van der Waals surface area contributed by atoms with Crippen LogP contribution in [0.15, 0.2) is 53.0 Å². The average molecular weight is 339 g/mol. The van der Waals surface area contributed by atoms with Crippen LogP contribution in [-0.2, 0) is 15.1 Å². The van der Waals surface area contributed by atoms with Crippen molar-refractivity contribution in [2.75, 3.05) is 7.11 Å². The van der Waals surface area contributed by atoms with E-state index in [1.54, 1.807) is 30.3 Å². The van der Waals surface area contributed by atoms with Crippen LogP contribution in [0.1, 0.15) is 11.1 Å². The van der Waals surface area contributed by atoms with Crippen molar-refractivity contribution in [1.82, 2.24) is 0 Å². The molecule has 20 heavy (non-hydrogen) atoms. The molecule has 0 spiro atoms. The first kappa shape index (κ1) is 14.7. The van der Waals surface area contributed by atoms with Gasteiger partial charge in [-0.1, -0.05) is 52.3 Å². The summed E-state index contributed by atoms with van der Waals surface area (Å²) in [4.78, 5) is 12.1. The quantitative estimate of drug-likeness (QED) is 0.875. The van der Waals surface area contributed by atoms with E-state index in [1.165, 1.54) is 25.3 Å². The van der Waals surface area contributed by atoms with Gasteiger partial charge in [0.15, 0.2) is 0 Å². The standard InChI is InChI=1S/C15H12BrFO3/c1-20-14(18)15(19,10-5-3-2-4-6-10)12-8-7-11(17)9-13(12)16/h2-9,19H,1H3. The fourth-order valence-electron chi connectivity index (χ4n) is 1.99. The van der Waals surface area contributed by atoms with Gasteiger partial charge in [-0.2, -0.15) is 0 Å². The predicted molar refractivity (Wildman–Crippen MR) is 75.6 cm³/mol. The van der Waals surface area contributed by atoms with Crippen molar-refractivity contribution < 1.29 is 19.0 Å². The fraction of sp³-hybridized carbons (Fsp3) is 0.133. The number of hydrogen-bond acceptors (Lipinski definition) is 3. The second kappa shape index (κ2) is 5.73. The molecule has 0 aliphatic rings. The molecular formula is C15H12BrFO3. The van der Waals surface area contributed by atoms with E-state index in [0.29, 0.717) is 5.56 Å². The molecule has 0 fully saturated rings. The molecule has 0 aliphatic heterocycles. The van der Waals surface area contributed by atoms with Crippen LogP contribution in [0.4, 0.5) is 4.39 Å². The number of hydrogen-bond donors (Lipinski definition) is 1. The molecule has 0 saturated heterocycles. The molecule has 0 saturated carbocycles. The summed E-state index contributed by atoms with van der Waals surface area (Å²) in [6, 6.07) is 12.1. The maximum atomic E-state index is 13.2. The van der Waals surface area contributed by atoms with Crippen molar-refractivity contribution in [3.8, 4) is 0 Å². The Morgan fingerprint density at radius 3 is 2.45 bits per heavy atom. The van der Waals surface area contributed by atoms with Crippen LogP contribution in [0.2, 0.25) is 0 Å². The van der Waals surface area contributed by atoms with Gasteiger partial charge in [0.1, 0.15) is 5.82 Å². The highest BCUT2D eigenvalue weighted by atomic mass is 79.9. The first-order chi connectivity index (χ1) is 9.50. The van der Waals surface area contributed by atoms with Crippen molar-refractivity contribution in [1.29, 1.82) is 0 Å². The van der Waals surface area contributed by atoms with Crippen molar-refractivity contribution in [2.45, 2.75) is 5.60 Å². The van der Waals surface area contributed by atoms with Gasteiger partial charge >= 0.3 is 5.97 Å². The highest BCUT2D eigenvalue weighted by Crippen LogP contribution is 2.35. The second-order valence-electron chi connectivity index (χ2n) is 4.19. The Labute approximate surface area is 124 Å². The number of esters is 1. The Kier molecular flexibility index (Phi) is 4.20. The third kappa shape index (κ3) is 2.46. The van der Waals surface area contributed by atoms with Crippen molar-refractivity contribution in [3.63, 3.8) is 0 Å². The van der Waals surface area contributed by atoms with Crippen molar-refractivity contribution >= 4 is 21.9 Å². The topological polar surface area (TPSA) is 46.5 Å². The summed E-state index contributed by atoms with van der Waals surface area (Å²) in [5.41, 5.74) is -1.43. The Morgan fingerprint density at radius 2 is 1.90 bits per heavy atom. The first-order valence-electron chi connectivity index (χ1n) is 5.82. The molecule has 0 heterocycles. The van der Waals surface area contributed by atoms with Gasteiger partial charge in [-0.15, -0.1) is 0 Å². The molecule has 2 aromatic carbocycles. The molecule has 2 rings (SSSR count). The minimum Gasteiger partial charge on any atom is -0.466 e. The molecule has 1 atom stereocenters. The van der Waals surface area contributed by atoms with Gasteiger partial charge in [0.05, 0.1) is 7.11 Å². The van der Waals surface area contributed by atoms with E-state index >= 15 is 0 Å². The SMILES string of the molecule is COC(=O)C(O)(c1ccccc1)c1ccc(F)cc1Br. The number of ether oxygens (including phenoxy) is 1. The minimum absolute atomic E-state index is 0.219. The molecule has 0 aromatic heterocycles. The summed E-state index contributed by atoms with van der Waals surface area (Å²) < 4.78 is 18.2. The van der Waals surface area contributed by atoms with Gasteiger partial charge in [-0.3, -0.25) is 0 Å². The smallest absolute Gasteiger partial charge is 0.347 e. The van der Waals surface area contributed by atoms with Crippen LogP contribution in [0.25, 0.3) is 0 Å². The van der Waals surface area contributed by atoms with E-state index in [2.05, 4.69) is 15.9 Å². The van der Waals surface area contributed by atoms with Crippen molar-refractivity contribution in [2.24, 2.45) is 0 Å². The van der Waals surface area contributed by atoms with E-state index in [4.69, 9.17) is 4.74 Å². The summed E-state index contributed by atoms with van der Waals surface area (Å²) in [5, 5.41) is 10.9. The highest BCUT2D eigenvalue weighted by Gasteiger charge is 2.42. The number of aliphatic hydroxyl groups is 1. The Morgan fingerprint density at radius 1 is 1.25 bits per heavy atom. The lowest BCUT2D eigenvalue weighted by molar-refractivity contribution is -0.159. The lowest BCUT2D eigenvalue weighted by atomic mass is 9.86. The molecule has 0 radical (unpaired) electrons. The van der Waals surface area contributed by atoms with Crippen LogP contribution in [0.5, 0.6) is 0 Å². The van der Waals surface area contributed by atoms with E-state index in [9.17, 15) is 14.3 Å². The van der Waals surface area contributed by atoms with Gasteiger partial charge in [0, 0.05) is 10.0 Å². The lowest BCUT2D eigenvalue weighted by Gasteiger charge is -2.27. The number of carbonyl (C=O) groups excluding carboxylic acids is 1. The van der Waals surface area contributed by atoms with Gasteiger partial charge < -0.3 is 9.84 Å². The van der Waals surface area contributed by atoms with Crippen LogP contribution < -0.4 is 0 Å². The molecule has 104 valence electrons. The summed E-state index contributed by atoms with van der Waals surface area (Å²) >= 11 is 3.17. The van der Waals surface area contributed by atoms with Crippen molar-refractivity contribution in [3.05, 3.63) is 69.9 Å². The molecule has 5 heteroatoms. The zero-order valence-electron chi connectivity index (χ0n) is 10.6. The summed E-state index contributed by atoms with van der Waals surface area (Å²) in [5.74, 6) is -1.31. The van der Waals surface area contributed by atoms with Crippen LogP contribution in [0.3, 0.4) is 0 Å². The highest BCUT2D eigenvalue weighted by molar-refractivity contribution is 9.10. The third-order valence-electron chi connectivity index (χ3n) is 2.99. The maximum absolute atomic E-state index is 13.2. The molecule has 3 nitrogen and oxygen atoms in total. The molecule has 1 unspecified atom stereocenters. The van der Waals surface area contributed by atoms with Gasteiger partial charge in [-0.05, 0) is 17.7 Å². The van der Waals surface area contributed by atoms with E-state index < -0.39 is 17.4 Å². The zero-order valence-corrected chi connectivity index (χ0v) is 12.2. The van der Waals surface area contributed by atoms with Crippen LogP contribution in [-0.4, -0.2) is 18.2 Å². The van der Waals surface area contributed by atoms with Crippen LogP contribution in [0, 0.1) is 5.82 Å². The second-order valence-corrected chi connectivity index (χ2v) is 5.05. The van der Waals surface area contributed by atoms with Crippen LogP contribution >= 0.6 is 15.9 Å². The molecule has 0 amide bonds. The summed E-state index contributed by atoms with van der Waals surface area (Å²) in [7, 11) is 1.19. The number of carbonyl (C=O) groups is 1. The Balaban J connectivity index is 2.67. The average Bonchev–Trinajstić information content (AvgIpc) is 2.46. The normalized spacial score (nSPS) is 13.6.